The maximum Gasteiger partial charge on any atom is 0.156 e. The number of hydrogen-bond donors (Lipinski definition) is 0. The highest BCUT2D eigenvalue weighted by Gasteiger charge is 1.69. The minimum absolute atomic E-state index is 0.588. The molecule has 0 aliphatic rings. The van der Waals surface area contributed by atoms with Crippen molar-refractivity contribution in [1.29, 1.82) is 0 Å². The molecule has 0 spiro atoms. The van der Waals surface area contributed by atoms with Crippen molar-refractivity contribution < 1.29 is 9.47 Å². The summed E-state index contributed by atoms with van der Waals surface area (Å²) < 4.78 is 8.96. The van der Waals surface area contributed by atoms with Gasteiger partial charge in [0.1, 0.15) is 0 Å². The summed E-state index contributed by atoms with van der Waals surface area (Å²) in [6.07, 6.45) is 0. The summed E-state index contributed by atoms with van der Waals surface area (Å²) in [5.41, 5.74) is 0. The number of benzene rings is 1. The lowest BCUT2D eigenvalue weighted by atomic mass is 10.4. The van der Waals surface area contributed by atoms with Gasteiger partial charge < -0.3 is 9.47 Å². The van der Waals surface area contributed by atoms with Crippen molar-refractivity contribution in [2.45, 2.75) is 13.8 Å². The number of methoxy groups -OCH3 is 2. The maximum absolute atomic E-state index is 4.48. The Morgan fingerprint density at radius 2 is 0.812 bits per heavy atom. The van der Waals surface area contributed by atoms with Crippen molar-refractivity contribution >= 4 is 34.5 Å². The molecule has 0 radical (unpaired) electrons. The number of rotatable bonds is 0. The molecule has 0 amide bonds. The van der Waals surface area contributed by atoms with Crippen molar-refractivity contribution in [2.75, 3.05) is 14.2 Å². The largest absolute Gasteiger partial charge is 0.491 e. The van der Waals surface area contributed by atoms with Crippen LogP contribution in [0.2, 0.25) is 0 Å². The predicted octanol–water partition coefficient (Wildman–Crippen LogP) is 3.65. The van der Waals surface area contributed by atoms with Crippen LogP contribution in [0.25, 0.3) is 0 Å². The molecule has 0 atom stereocenters. The third-order valence-electron chi connectivity index (χ3n) is 1.24. The van der Waals surface area contributed by atoms with E-state index >= 15 is 0 Å². The molecule has 0 N–H and O–H groups in total. The Kier molecular flexibility index (Phi) is 15.2. The summed E-state index contributed by atoms with van der Waals surface area (Å²) in [4.78, 5) is 0. The lowest BCUT2D eigenvalue weighted by molar-refractivity contribution is 0.411. The van der Waals surface area contributed by atoms with Crippen LogP contribution in [-0.2, 0) is 9.47 Å². The van der Waals surface area contributed by atoms with Gasteiger partial charge in [0.25, 0.3) is 0 Å². The monoisotopic (exact) mass is 258 g/mol. The zero-order valence-electron chi connectivity index (χ0n) is 10.1. The van der Waals surface area contributed by atoms with E-state index in [1.165, 1.54) is 0 Å². The SMILES string of the molecule is COC(C)=S.COC(C)=S.c1ccccc1. The summed E-state index contributed by atoms with van der Waals surface area (Å²) in [6, 6.07) is 12.0. The zero-order chi connectivity index (χ0) is 12.8. The molecule has 1 aromatic carbocycles. The fraction of sp³-hybridized carbons (Fsp3) is 0.333. The smallest absolute Gasteiger partial charge is 0.156 e. The molecule has 0 aliphatic heterocycles. The van der Waals surface area contributed by atoms with Gasteiger partial charge in [0.05, 0.1) is 14.2 Å². The van der Waals surface area contributed by atoms with Crippen molar-refractivity contribution in [3.63, 3.8) is 0 Å². The molecule has 0 bridgehead atoms. The Hall–Kier alpha value is -1.00. The second-order valence-corrected chi connectivity index (χ2v) is 3.70. The number of hydrogen-bond acceptors (Lipinski definition) is 4. The quantitative estimate of drug-likeness (QED) is 0.661. The molecular formula is C12H18O2S2. The van der Waals surface area contributed by atoms with Crippen LogP contribution >= 0.6 is 24.4 Å². The van der Waals surface area contributed by atoms with Gasteiger partial charge in [0, 0.05) is 13.8 Å². The van der Waals surface area contributed by atoms with E-state index in [1.54, 1.807) is 28.1 Å². The Morgan fingerprint density at radius 3 is 0.875 bits per heavy atom. The minimum atomic E-state index is 0.588. The lowest BCUT2D eigenvalue weighted by Gasteiger charge is -1.85. The van der Waals surface area contributed by atoms with Gasteiger partial charge in [-0.25, -0.2) is 0 Å². The molecule has 1 rings (SSSR count). The standard InChI is InChI=1S/C6H6.2C3H6OS/c1-2-4-6-5-3-1;2*1-3(5)4-2/h1-6H;2*1-2H3. The second kappa shape index (κ2) is 14.0. The van der Waals surface area contributed by atoms with Gasteiger partial charge in [-0.2, -0.15) is 0 Å². The van der Waals surface area contributed by atoms with Crippen LogP contribution < -0.4 is 0 Å². The average molecular weight is 258 g/mol. The van der Waals surface area contributed by atoms with Gasteiger partial charge in [-0.3, -0.25) is 0 Å². The zero-order valence-corrected chi connectivity index (χ0v) is 11.7. The lowest BCUT2D eigenvalue weighted by Crippen LogP contribution is -1.84. The molecule has 0 saturated carbocycles. The molecule has 2 nitrogen and oxygen atoms in total. The first-order valence-corrected chi connectivity index (χ1v) is 5.45. The molecule has 90 valence electrons. The van der Waals surface area contributed by atoms with Crippen molar-refractivity contribution in [1.82, 2.24) is 0 Å². The summed E-state index contributed by atoms with van der Waals surface area (Å²) in [7, 11) is 3.12. The van der Waals surface area contributed by atoms with E-state index in [0.29, 0.717) is 10.1 Å². The highest BCUT2D eigenvalue weighted by atomic mass is 32.1. The highest BCUT2D eigenvalue weighted by molar-refractivity contribution is 7.80. The van der Waals surface area contributed by atoms with Crippen LogP contribution in [0, 0.1) is 0 Å². The van der Waals surface area contributed by atoms with E-state index in [0.717, 1.165) is 0 Å². The summed E-state index contributed by atoms with van der Waals surface area (Å²) in [6.45, 7) is 3.46. The maximum atomic E-state index is 4.48. The van der Waals surface area contributed by atoms with Gasteiger partial charge in [0.2, 0.25) is 0 Å². The Labute approximate surface area is 109 Å². The van der Waals surface area contributed by atoms with Gasteiger partial charge in [-0.05, 0) is 24.4 Å². The number of thiocarbonyl (C=S) groups is 2. The molecule has 0 aromatic heterocycles. The van der Waals surface area contributed by atoms with Crippen LogP contribution in [0.3, 0.4) is 0 Å². The topological polar surface area (TPSA) is 18.5 Å². The van der Waals surface area contributed by atoms with Gasteiger partial charge in [0.15, 0.2) is 10.1 Å². The molecule has 1 aromatic rings. The van der Waals surface area contributed by atoms with E-state index < -0.39 is 0 Å². The summed E-state index contributed by atoms with van der Waals surface area (Å²) >= 11 is 8.95. The van der Waals surface area contributed by atoms with Crippen LogP contribution in [0.15, 0.2) is 36.4 Å². The van der Waals surface area contributed by atoms with E-state index in [9.17, 15) is 0 Å². The highest BCUT2D eigenvalue weighted by Crippen LogP contribution is 1.79. The first-order valence-electron chi connectivity index (χ1n) is 4.63. The summed E-state index contributed by atoms with van der Waals surface area (Å²) in [5, 5.41) is 1.18. The first kappa shape index (κ1) is 17.4. The second-order valence-electron chi connectivity index (χ2n) is 2.55. The average Bonchev–Trinajstić information content (AvgIpc) is 2.32. The molecular weight excluding hydrogens is 240 g/mol. The van der Waals surface area contributed by atoms with Gasteiger partial charge >= 0.3 is 0 Å². The van der Waals surface area contributed by atoms with Crippen molar-refractivity contribution in [3.05, 3.63) is 36.4 Å². The predicted molar refractivity (Wildman–Crippen MR) is 77.0 cm³/mol. The molecule has 0 saturated heterocycles. The fourth-order valence-corrected chi connectivity index (χ4v) is 0.385. The third kappa shape index (κ3) is 23.1. The van der Waals surface area contributed by atoms with Crippen LogP contribution in [0.5, 0.6) is 0 Å². The Morgan fingerprint density at radius 1 is 0.688 bits per heavy atom. The van der Waals surface area contributed by atoms with E-state index in [4.69, 9.17) is 0 Å². The minimum Gasteiger partial charge on any atom is -0.491 e. The molecule has 0 unspecified atom stereocenters. The van der Waals surface area contributed by atoms with E-state index in [1.807, 2.05) is 36.4 Å². The van der Waals surface area contributed by atoms with Crippen LogP contribution in [0.1, 0.15) is 13.8 Å². The van der Waals surface area contributed by atoms with E-state index in [-0.39, 0.29) is 0 Å². The third-order valence-corrected chi connectivity index (χ3v) is 1.57. The Balaban J connectivity index is 0. The fourth-order valence-electron chi connectivity index (χ4n) is 0.385. The first-order chi connectivity index (χ1) is 7.54. The molecule has 0 heterocycles. The number of ether oxygens (including phenoxy) is 2. The van der Waals surface area contributed by atoms with Crippen molar-refractivity contribution in [3.8, 4) is 0 Å². The molecule has 0 fully saturated rings. The Bertz CT molecular complexity index is 233. The summed E-state index contributed by atoms with van der Waals surface area (Å²) in [5.74, 6) is 0. The van der Waals surface area contributed by atoms with Crippen LogP contribution in [-0.4, -0.2) is 24.3 Å². The van der Waals surface area contributed by atoms with Crippen LogP contribution in [0.4, 0.5) is 0 Å². The molecule has 0 aliphatic carbocycles. The van der Waals surface area contributed by atoms with Crippen molar-refractivity contribution in [2.24, 2.45) is 0 Å². The van der Waals surface area contributed by atoms with Gasteiger partial charge in [-0.15, -0.1) is 0 Å². The molecule has 16 heavy (non-hydrogen) atoms. The van der Waals surface area contributed by atoms with E-state index in [2.05, 4.69) is 33.9 Å². The molecule has 4 heteroatoms. The normalized spacial score (nSPS) is 7.25. The van der Waals surface area contributed by atoms with Gasteiger partial charge in [-0.1, -0.05) is 36.4 Å².